The lowest BCUT2D eigenvalue weighted by Gasteiger charge is -2.23. The number of hydrogen-bond acceptors (Lipinski definition) is 10. The van der Waals surface area contributed by atoms with Gasteiger partial charge in [-0.15, -0.1) is 0 Å². The molecule has 0 saturated carbocycles. The molecule has 0 aliphatic carbocycles. The molecule has 14 nitrogen and oxygen atoms in total. The summed E-state index contributed by atoms with van der Waals surface area (Å²) < 4.78 is 0. The number of nitrogens with one attached hydrogen (secondary N) is 4. The van der Waals surface area contributed by atoms with Gasteiger partial charge in [0.2, 0.25) is 23.6 Å². The zero-order chi connectivity index (χ0) is 38.6. The Bertz CT molecular complexity index is 1130. The van der Waals surface area contributed by atoms with Crippen molar-refractivity contribution in [3.63, 3.8) is 0 Å². The minimum absolute atomic E-state index is 0.0249. The molecule has 5 unspecified atom stereocenters. The maximum absolute atomic E-state index is 13.0. The van der Waals surface area contributed by atoms with Crippen molar-refractivity contribution in [1.82, 2.24) is 21.3 Å². The van der Waals surface area contributed by atoms with E-state index in [0.29, 0.717) is 19.3 Å². The Hall–Kier alpha value is -4.10. The molecule has 4 N–H and O–H groups in total. The van der Waals surface area contributed by atoms with E-state index in [-0.39, 0.29) is 118 Å². The Morgan fingerprint density at radius 1 is 0.500 bits per heavy atom. The molecular formula is C36H60N4O10. The van der Waals surface area contributed by atoms with Gasteiger partial charge in [0.15, 0.2) is 0 Å². The van der Waals surface area contributed by atoms with Gasteiger partial charge in [0, 0.05) is 82.0 Å². The molecule has 4 amide bonds. The average Bonchev–Trinajstić information content (AvgIpc) is 3.00. The third-order valence-electron chi connectivity index (χ3n) is 7.75. The van der Waals surface area contributed by atoms with Crippen LogP contribution in [0, 0.1) is 5.92 Å². The van der Waals surface area contributed by atoms with Crippen molar-refractivity contribution in [2.24, 2.45) is 5.92 Å². The molecule has 5 atom stereocenters. The standard InChI is InChI=1S/C35H58N4O9.CH2O/c1-7-9-28(19-26(5)43)37-34(47)21-30(13-11-24(3)41)36-32(45)16-15-29(20-27(6)44)38-35(48)22-31(14-12-25(4)42)39-33(46)18-23(2)10-8-17-40;1-2/h17,23,28-31H,7-16,18-22H2,1-6H3,(H,36,45)(H,37,47)(H,38,48)(H,39,46);1H2. The summed E-state index contributed by atoms with van der Waals surface area (Å²) in [5.74, 6) is -1.97. The lowest BCUT2D eigenvalue weighted by Crippen LogP contribution is -2.44. The second-order valence-corrected chi connectivity index (χ2v) is 13.1. The number of carbonyl (C=O) groups excluding carboxylic acids is 10. The van der Waals surface area contributed by atoms with Crippen LogP contribution < -0.4 is 21.3 Å². The van der Waals surface area contributed by atoms with Gasteiger partial charge in [0.1, 0.15) is 36.2 Å². The van der Waals surface area contributed by atoms with Crippen LogP contribution in [0.15, 0.2) is 0 Å². The van der Waals surface area contributed by atoms with Crippen LogP contribution in [0.4, 0.5) is 0 Å². The summed E-state index contributed by atoms with van der Waals surface area (Å²) in [5, 5.41) is 11.3. The average molecular weight is 709 g/mol. The summed E-state index contributed by atoms with van der Waals surface area (Å²) in [5.41, 5.74) is 0. The highest BCUT2D eigenvalue weighted by molar-refractivity contribution is 5.83. The smallest absolute Gasteiger partial charge is 0.222 e. The normalized spacial score (nSPS) is 13.5. The molecule has 14 heteroatoms. The lowest BCUT2D eigenvalue weighted by molar-refractivity contribution is -0.127. The van der Waals surface area contributed by atoms with Gasteiger partial charge in [0.05, 0.1) is 0 Å². The first-order valence-electron chi connectivity index (χ1n) is 17.4. The van der Waals surface area contributed by atoms with Crippen LogP contribution in [-0.4, -0.2) is 84.0 Å². The quantitative estimate of drug-likeness (QED) is 0.0871. The van der Waals surface area contributed by atoms with E-state index in [9.17, 15) is 43.2 Å². The number of hydrogen-bond donors (Lipinski definition) is 4. The summed E-state index contributed by atoms with van der Waals surface area (Å²) in [4.78, 5) is 117. The van der Waals surface area contributed by atoms with Crippen LogP contribution in [0.1, 0.15) is 138 Å². The van der Waals surface area contributed by atoms with Crippen molar-refractivity contribution in [3.05, 3.63) is 0 Å². The van der Waals surface area contributed by atoms with E-state index in [1.807, 2.05) is 20.6 Å². The van der Waals surface area contributed by atoms with E-state index in [0.717, 1.165) is 12.7 Å². The Labute approximate surface area is 296 Å². The molecule has 0 fully saturated rings. The largest absolute Gasteiger partial charge is 0.353 e. The molecule has 0 aromatic carbocycles. The van der Waals surface area contributed by atoms with Crippen molar-refractivity contribution in [2.75, 3.05) is 0 Å². The third-order valence-corrected chi connectivity index (χ3v) is 7.75. The highest BCUT2D eigenvalue weighted by Gasteiger charge is 2.24. The fraction of sp³-hybridized carbons (Fsp3) is 0.722. The van der Waals surface area contributed by atoms with Crippen molar-refractivity contribution < 1.29 is 47.9 Å². The van der Waals surface area contributed by atoms with Crippen LogP contribution >= 0.6 is 0 Å². The maximum atomic E-state index is 13.0. The summed E-state index contributed by atoms with van der Waals surface area (Å²) in [6.07, 6.45) is 4.12. The molecule has 284 valence electrons. The molecule has 0 radical (unpaired) electrons. The first-order valence-corrected chi connectivity index (χ1v) is 17.4. The van der Waals surface area contributed by atoms with E-state index in [1.165, 1.54) is 27.7 Å². The van der Waals surface area contributed by atoms with E-state index in [4.69, 9.17) is 4.79 Å². The molecule has 50 heavy (non-hydrogen) atoms. The second-order valence-electron chi connectivity index (χ2n) is 13.1. The first kappa shape index (κ1) is 48.0. The van der Waals surface area contributed by atoms with Crippen LogP contribution in [0.5, 0.6) is 0 Å². The number of ketones is 4. The topological polar surface area (TPSA) is 219 Å². The van der Waals surface area contributed by atoms with E-state index >= 15 is 0 Å². The van der Waals surface area contributed by atoms with E-state index in [1.54, 1.807) is 0 Å². The highest BCUT2D eigenvalue weighted by atomic mass is 16.2. The molecule has 0 saturated heterocycles. The Morgan fingerprint density at radius 3 is 1.24 bits per heavy atom. The van der Waals surface area contributed by atoms with Gasteiger partial charge >= 0.3 is 0 Å². The van der Waals surface area contributed by atoms with Crippen molar-refractivity contribution >= 4 is 59.8 Å². The van der Waals surface area contributed by atoms with Gasteiger partial charge in [-0.2, -0.15) is 0 Å². The van der Waals surface area contributed by atoms with Crippen LogP contribution in [-0.2, 0) is 47.9 Å². The zero-order valence-electron chi connectivity index (χ0n) is 30.9. The van der Waals surface area contributed by atoms with Gasteiger partial charge < -0.3 is 40.4 Å². The van der Waals surface area contributed by atoms with Crippen LogP contribution in [0.2, 0.25) is 0 Å². The van der Waals surface area contributed by atoms with Gasteiger partial charge in [-0.25, -0.2) is 0 Å². The highest BCUT2D eigenvalue weighted by Crippen LogP contribution is 2.13. The third kappa shape index (κ3) is 27.8. The predicted molar refractivity (Wildman–Crippen MR) is 188 cm³/mol. The number of rotatable bonds is 28. The molecular weight excluding hydrogens is 648 g/mol. The van der Waals surface area contributed by atoms with Gasteiger partial charge in [-0.1, -0.05) is 20.3 Å². The summed E-state index contributed by atoms with van der Waals surface area (Å²) >= 11 is 0. The maximum Gasteiger partial charge on any atom is 0.222 e. The minimum atomic E-state index is -0.673. The molecule has 0 aromatic rings. The van der Waals surface area contributed by atoms with Crippen molar-refractivity contribution in [2.45, 2.75) is 162 Å². The van der Waals surface area contributed by atoms with Crippen LogP contribution in [0.25, 0.3) is 0 Å². The van der Waals surface area contributed by atoms with E-state index in [2.05, 4.69) is 21.3 Å². The predicted octanol–water partition coefficient (Wildman–Crippen LogP) is 2.80. The molecule has 0 rings (SSSR count). The molecule has 0 spiro atoms. The molecule has 0 aliphatic heterocycles. The fourth-order valence-corrected chi connectivity index (χ4v) is 5.38. The Balaban J connectivity index is 0. The van der Waals surface area contributed by atoms with Crippen LogP contribution in [0.3, 0.4) is 0 Å². The molecule has 0 aromatic heterocycles. The summed E-state index contributed by atoms with van der Waals surface area (Å²) in [6.45, 7) is 11.5. The molecule has 0 aliphatic rings. The van der Waals surface area contributed by atoms with E-state index < -0.39 is 29.9 Å². The SMILES string of the molecule is C=O.CCCC(CC(C)=O)NC(=O)CC(CCC(C)=O)NC(=O)CCC(CC(C)=O)NC(=O)CC(CCC(C)=O)NC(=O)CC(C)CCC=O. The number of amides is 4. The number of carbonyl (C=O) groups is 10. The summed E-state index contributed by atoms with van der Waals surface area (Å²) in [6, 6.07) is -2.24. The fourth-order valence-electron chi connectivity index (χ4n) is 5.38. The zero-order valence-corrected chi connectivity index (χ0v) is 30.9. The Morgan fingerprint density at radius 2 is 0.860 bits per heavy atom. The monoisotopic (exact) mass is 708 g/mol. The van der Waals surface area contributed by atoms with Crippen molar-refractivity contribution in [3.8, 4) is 0 Å². The van der Waals surface area contributed by atoms with Gasteiger partial charge in [0.25, 0.3) is 0 Å². The molecule has 0 heterocycles. The number of aldehydes is 1. The Kier molecular flexibility index (Phi) is 27.6. The molecule has 0 bridgehead atoms. The minimum Gasteiger partial charge on any atom is -0.353 e. The van der Waals surface area contributed by atoms with Gasteiger partial charge in [-0.3, -0.25) is 28.8 Å². The number of Topliss-reactive ketones (excluding diaryl/α,β-unsaturated/α-hetero) is 4. The van der Waals surface area contributed by atoms with Gasteiger partial charge in [-0.05, 0) is 65.7 Å². The summed E-state index contributed by atoms with van der Waals surface area (Å²) in [7, 11) is 0. The first-order chi connectivity index (χ1) is 23.5. The lowest BCUT2D eigenvalue weighted by atomic mass is 10.00. The van der Waals surface area contributed by atoms with Crippen molar-refractivity contribution in [1.29, 1.82) is 0 Å². The second kappa shape index (κ2) is 28.7.